The second-order valence-electron chi connectivity index (χ2n) is 8.37. The third kappa shape index (κ3) is 6.74. The standard InChI is InChI=1S/C27H33NO3/c1-20(2)25(22-11-13-24(30-3)14-12-22)15-16-28-27(29)19-23(26-10-7-17-31-26)18-21-8-5-4-6-9-21/h4-14,17,20,23,25H,15-16,18-19H2,1-3H3,(H,28,29)/t23-,25-/m1/s1. The number of rotatable bonds is 11. The normalized spacial score (nSPS) is 13.0. The zero-order chi connectivity index (χ0) is 22.1. The van der Waals surface area contributed by atoms with Crippen LogP contribution in [-0.2, 0) is 11.2 Å². The SMILES string of the molecule is COc1ccc([C@H](CCNC(=O)C[C@@H](Cc2ccccc2)c2ccco2)C(C)C)cc1. The van der Waals surface area contributed by atoms with Gasteiger partial charge >= 0.3 is 0 Å². The highest BCUT2D eigenvalue weighted by Gasteiger charge is 2.20. The Kier molecular flexibility index (Phi) is 8.34. The number of carbonyl (C=O) groups is 1. The lowest BCUT2D eigenvalue weighted by molar-refractivity contribution is -0.121. The molecule has 3 rings (SSSR count). The van der Waals surface area contributed by atoms with E-state index in [2.05, 4.69) is 43.4 Å². The van der Waals surface area contributed by atoms with Gasteiger partial charge in [-0.1, -0.05) is 56.3 Å². The van der Waals surface area contributed by atoms with Crippen molar-refractivity contribution in [2.75, 3.05) is 13.7 Å². The third-order valence-electron chi connectivity index (χ3n) is 5.83. The number of hydrogen-bond acceptors (Lipinski definition) is 3. The summed E-state index contributed by atoms with van der Waals surface area (Å²) in [5.41, 5.74) is 2.48. The van der Waals surface area contributed by atoms with Crippen molar-refractivity contribution in [3.05, 3.63) is 89.9 Å². The van der Waals surface area contributed by atoms with Crippen LogP contribution in [-0.4, -0.2) is 19.6 Å². The second-order valence-corrected chi connectivity index (χ2v) is 8.37. The molecular formula is C27H33NO3. The minimum atomic E-state index is 0.0277. The van der Waals surface area contributed by atoms with Crippen molar-refractivity contribution in [1.82, 2.24) is 5.32 Å². The average Bonchev–Trinajstić information content (AvgIpc) is 3.32. The minimum Gasteiger partial charge on any atom is -0.497 e. The molecule has 0 aliphatic heterocycles. The van der Waals surface area contributed by atoms with Gasteiger partial charge in [0.25, 0.3) is 0 Å². The zero-order valence-electron chi connectivity index (χ0n) is 18.7. The molecule has 0 aliphatic carbocycles. The Labute approximate surface area is 185 Å². The van der Waals surface area contributed by atoms with Crippen LogP contribution in [0.15, 0.2) is 77.4 Å². The van der Waals surface area contributed by atoms with Gasteiger partial charge in [0.2, 0.25) is 5.91 Å². The Morgan fingerprint density at radius 2 is 1.74 bits per heavy atom. The van der Waals surface area contributed by atoms with Gasteiger partial charge in [0.1, 0.15) is 11.5 Å². The van der Waals surface area contributed by atoms with Gasteiger partial charge in [-0.3, -0.25) is 4.79 Å². The van der Waals surface area contributed by atoms with Gasteiger partial charge < -0.3 is 14.5 Å². The summed E-state index contributed by atoms with van der Waals surface area (Å²) in [6.45, 7) is 5.11. The molecule has 0 fully saturated rings. The number of nitrogens with one attached hydrogen (secondary N) is 1. The van der Waals surface area contributed by atoms with Crippen LogP contribution in [0.3, 0.4) is 0 Å². The Hall–Kier alpha value is -3.01. The first-order valence-electron chi connectivity index (χ1n) is 11.0. The average molecular weight is 420 g/mol. The van der Waals surface area contributed by atoms with E-state index in [1.165, 1.54) is 11.1 Å². The largest absolute Gasteiger partial charge is 0.497 e. The Balaban J connectivity index is 1.56. The molecule has 0 radical (unpaired) electrons. The van der Waals surface area contributed by atoms with E-state index in [0.717, 1.165) is 24.4 Å². The van der Waals surface area contributed by atoms with Crippen LogP contribution in [0, 0.1) is 5.92 Å². The van der Waals surface area contributed by atoms with E-state index in [0.29, 0.717) is 24.8 Å². The van der Waals surface area contributed by atoms with Crippen LogP contribution in [0.2, 0.25) is 0 Å². The minimum absolute atomic E-state index is 0.0277. The van der Waals surface area contributed by atoms with Gasteiger partial charge in [0.05, 0.1) is 13.4 Å². The monoisotopic (exact) mass is 419 g/mol. The predicted octanol–water partition coefficient (Wildman–Crippen LogP) is 5.95. The van der Waals surface area contributed by atoms with Gasteiger partial charge in [-0.15, -0.1) is 0 Å². The summed E-state index contributed by atoms with van der Waals surface area (Å²) < 4.78 is 10.9. The van der Waals surface area contributed by atoms with Crippen molar-refractivity contribution >= 4 is 5.91 Å². The third-order valence-corrected chi connectivity index (χ3v) is 5.83. The van der Waals surface area contributed by atoms with Crippen molar-refractivity contribution in [2.45, 2.75) is 44.9 Å². The molecule has 1 aromatic heterocycles. The lowest BCUT2D eigenvalue weighted by Gasteiger charge is -2.22. The molecule has 164 valence electrons. The first kappa shape index (κ1) is 22.7. The number of methoxy groups -OCH3 is 1. The quantitative estimate of drug-likeness (QED) is 0.418. The predicted molar refractivity (Wildman–Crippen MR) is 124 cm³/mol. The summed E-state index contributed by atoms with van der Waals surface area (Å²) in [4.78, 5) is 12.7. The lowest BCUT2D eigenvalue weighted by atomic mass is 9.85. The summed E-state index contributed by atoms with van der Waals surface area (Å²) in [5, 5.41) is 3.13. The van der Waals surface area contributed by atoms with Gasteiger partial charge in [-0.2, -0.15) is 0 Å². The number of furan rings is 1. The Bertz CT molecular complexity index is 901. The van der Waals surface area contributed by atoms with Crippen LogP contribution in [0.1, 0.15) is 55.4 Å². The molecule has 3 aromatic rings. The van der Waals surface area contributed by atoms with Gasteiger partial charge in [0, 0.05) is 18.9 Å². The maximum Gasteiger partial charge on any atom is 0.220 e. The van der Waals surface area contributed by atoms with Crippen LogP contribution in [0.25, 0.3) is 0 Å². The summed E-state index contributed by atoms with van der Waals surface area (Å²) in [5.74, 6) is 2.68. The summed E-state index contributed by atoms with van der Waals surface area (Å²) in [6.07, 6.45) is 3.77. The van der Waals surface area contributed by atoms with Crippen molar-refractivity contribution in [3.63, 3.8) is 0 Å². The van der Waals surface area contributed by atoms with E-state index in [1.807, 2.05) is 42.5 Å². The number of ether oxygens (including phenoxy) is 1. The molecule has 0 unspecified atom stereocenters. The van der Waals surface area contributed by atoms with Gasteiger partial charge in [0.15, 0.2) is 0 Å². The molecule has 0 spiro atoms. The van der Waals surface area contributed by atoms with Crippen molar-refractivity contribution in [3.8, 4) is 5.75 Å². The molecular weight excluding hydrogens is 386 g/mol. The molecule has 1 N–H and O–H groups in total. The Morgan fingerprint density at radius 3 is 2.35 bits per heavy atom. The Morgan fingerprint density at radius 1 is 1.00 bits per heavy atom. The maximum atomic E-state index is 12.7. The van der Waals surface area contributed by atoms with Crippen LogP contribution in [0.5, 0.6) is 5.75 Å². The van der Waals surface area contributed by atoms with Gasteiger partial charge in [-0.05, 0) is 60.1 Å². The van der Waals surface area contributed by atoms with Crippen molar-refractivity contribution < 1.29 is 13.9 Å². The van der Waals surface area contributed by atoms with E-state index in [-0.39, 0.29) is 11.8 Å². The summed E-state index contributed by atoms with van der Waals surface area (Å²) in [7, 11) is 1.68. The summed E-state index contributed by atoms with van der Waals surface area (Å²) >= 11 is 0. The molecule has 4 nitrogen and oxygen atoms in total. The number of benzene rings is 2. The lowest BCUT2D eigenvalue weighted by Crippen LogP contribution is -2.28. The number of amides is 1. The molecule has 1 amide bonds. The van der Waals surface area contributed by atoms with E-state index < -0.39 is 0 Å². The molecule has 1 heterocycles. The first-order chi connectivity index (χ1) is 15.1. The smallest absolute Gasteiger partial charge is 0.220 e. The van der Waals surface area contributed by atoms with Crippen molar-refractivity contribution in [2.24, 2.45) is 5.92 Å². The fraction of sp³-hybridized carbons (Fsp3) is 0.370. The maximum absolute atomic E-state index is 12.7. The molecule has 31 heavy (non-hydrogen) atoms. The molecule has 4 heteroatoms. The van der Waals surface area contributed by atoms with Crippen molar-refractivity contribution in [1.29, 1.82) is 0 Å². The second kappa shape index (κ2) is 11.4. The highest BCUT2D eigenvalue weighted by atomic mass is 16.5. The molecule has 0 saturated heterocycles. The van der Waals surface area contributed by atoms with E-state index in [9.17, 15) is 4.79 Å². The zero-order valence-corrected chi connectivity index (χ0v) is 18.7. The van der Waals surface area contributed by atoms with Crippen LogP contribution in [0.4, 0.5) is 0 Å². The fourth-order valence-corrected chi connectivity index (χ4v) is 4.09. The molecule has 2 atom stereocenters. The molecule has 0 bridgehead atoms. The summed E-state index contributed by atoms with van der Waals surface area (Å²) in [6, 6.07) is 22.3. The topological polar surface area (TPSA) is 51.5 Å². The fourth-order valence-electron chi connectivity index (χ4n) is 4.09. The van der Waals surface area contributed by atoms with Crippen LogP contribution >= 0.6 is 0 Å². The van der Waals surface area contributed by atoms with E-state index >= 15 is 0 Å². The molecule has 0 saturated carbocycles. The van der Waals surface area contributed by atoms with Crippen LogP contribution < -0.4 is 10.1 Å². The van der Waals surface area contributed by atoms with E-state index in [1.54, 1.807) is 13.4 Å². The number of hydrogen-bond donors (Lipinski definition) is 1. The van der Waals surface area contributed by atoms with E-state index in [4.69, 9.17) is 9.15 Å². The molecule has 0 aliphatic rings. The van der Waals surface area contributed by atoms with Gasteiger partial charge in [-0.25, -0.2) is 0 Å². The first-order valence-corrected chi connectivity index (χ1v) is 11.0. The molecule has 2 aromatic carbocycles. The highest BCUT2D eigenvalue weighted by molar-refractivity contribution is 5.76. The number of carbonyl (C=O) groups excluding carboxylic acids is 1. The highest BCUT2D eigenvalue weighted by Crippen LogP contribution is 2.29.